The van der Waals surface area contributed by atoms with Crippen molar-refractivity contribution in [1.82, 2.24) is 15.3 Å². The molecule has 1 aromatic heterocycles. The quantitative estimate of drug-likeness (QED) is 0.355. The third-order valence-electron chi connectivity index (χ3n) is 4.81. The molecule has 148 valence electrons. The van der Waals surface area contributed by atoms with Gasteiger partial charge in [0.05, 0.1) is 17.6 Å². The number of para-hydroxylation sites is 2. The van der Waals surface area contributed by atoms with Crippen molar-refractivity contribution in [3.63, 3.8) is 0 Å². The summed E-state index contributed by atoms with van der Waals surface area (Å²) in [5, 5.41) is 3.49. The van der Waals surface area contributed by atoms with Crippen LogP contribution < -0.4 is 5.32 Å². The van der Waals surface area contributed by atoms with Crippen LogP contribution in [0, 0.1) is 0 Å². The third kappa shape index (κ3) is 5.57. The number of nitrogens with zero attached hydrogens (tertiary/aromatic N) is 1. The summed E-state index contributed by atoms with van der Waals surface area (Å²) in [5.74, 6) is 0.992. The van der Waals surface area contributed by atoms with Crippen LogP contribution >= 0.6 is 12.4 Å². The molecule has 0 radical (unpaired) electrons. The van der Waals surface area contributed by atoms with Crippen molar-refractivity contribution >= 4 is 29.0 Å². The maximum absolute atomic E-state index is 4.61. The molecular formula is C25H26ClN3. The van der Waals surface area contributed by atoms with E-state index in [9.17, 15) is 0 Å². The summed E-state index contributed by atoms with van der Waals surface area (Å²) in [6.07, 6.45) is 4.48. The molecule has 4 aromatic rings. The molecule has 2 N–H and O–H groups in total. The lowest BCUT2D eigenvalue weighted by atomic mass is 9.96. The molecule has 0 aliphatic rings. The van der Waals surface area contributed by atoms with Gasteiger partial charge in [-0.1, -0.05) is 78.9 Å². The highest BCUT2D eigenvalue weighted by atomic mass is 35.5. The fourth-order valence-electron chi connectivity index (χ4n) is 3.41. The first kappa shape index (κ1) is 20.8. The Morgan fingerprint density at radius 2 is 1.45 bits per heavy atom. The molecule has 0 saturated heterocycles. The van der Waals surface area contributed by atoms with Crippen LogP contribution in [0.5, 0.6) is 0 Å². The zero-order valence-electron chi connectivity index (χ0n) is 16.3. The molecule has 0 bridgehead atoms. The first-order valence-electron chi connectivity index (χ1n) is 9.85. The predicted molar refractivity (Wildman–Crippen MR) is 124 cm³/mol. The van der Waals surface area contributed by atoms with E-state index in [0.717, 1.165) is 42.8 Å². The number of fused-ring (bicyclic) bond motifs is 1. The van der Waals surface area contributed by atoms with Gasteiger partial charge in [0, 0.05) is 0 Å². The van der Waals surface area contributed by atoms with Gasteiger partial charge < -0.3 is 10.3 Å². The van der Waals surface area contributed by atoms with Crippen molar-refractivity contribution in [2.75, 3.05) is 6.54 Å². The van der Waals surface area contributed by atoms with Crippen molar-refractivity contribution in [1.29, 1.82) is 0 Å². The second-order valence-corrected chi connectivity index (χ2v) is 6.87. The van der Waals surface area contributed by atoms with Crippen molar-refractivity contribution in [2.45, 2.75) is 19.4 Å². The summed E-state index contributed by atoms with van der Waals surface area (Å²) in [4.78, 5) is 7.97. The van der Waals surface area contributed by atoms with Gasteiger partial charge in [-0.25, -0.2) is 4.98 Å². The van der Waals surface area contributed by atoms with Gasteiger partial charge >= 0.3 is 0 Å². The molecule has 3 nitrogen and oxygen atoms in total. The van der Waals surface area contributed by atoms with Gasteiger partial charge in [0.15, 0.2) is 0 Å². The Bertz CT molecular complexity index is 965. The Morgan fingerprint density at radius 3 is 2.10 bits per heavy atom. The average molecular weight is 404 g/mol. The van der Waals surface area contributed by atoms with E-state index in [1.807, 2.05) is 18.2 Å². The van der Waals surface area contributed by atoms with Gasteiger partial charge in [-0.15, -0.1) is 12.4 Å². The summed E-state index contributed by atoms with van der Waals surface area (Å²) >= 11 is 0. The Kier molecular flexibility index (Phi) is 7.62. The number of hydrogen-bond acceptors (Lipinski definition) is 2. The standard InChI is InChI=1S/C25H25N3.ClH/c1-3-11-20(12-4-1)22(21-13-5-2-6-14-21)15-9-10-18-26-19-25-27-23-16-7-8-17-24(23)28-25;/h1-8,11-17,26H,9-10,18-19H2,(H,27,28);1H. The number of H-pyrrole nitrogens is 1. The summed E-state index contributed by atoms with van der Waals surface area (Å²) in [7, 11) is 0. The summed E-state index contributed by atoms with van der Waals surface area (Å²) < 4.78 is 0. The number of halogens is 1. The van der Waals surface area contributed by atoms with E-state index in [1.165, 1.54) is 16.7 Å². The second-order valence-electron chi connectivity index (χ2n) is 6.87. The van der Waals surface area contributed by atoms with E-state index in [2.05, 4.69) is 88.1 Å². The molecule has 0 saturated carbocycles. The molecule has 0 aliphatic heterocycles. The largest absolute Gasteiger partial charge is 0.341 e. The van der Waals surface area contributed by atoms with Crippen LogP contribution in [-0.4, -0.2) is 16.5 Å². The summed E-state index contributed by atoms with van der Waals surface area (Å²) in [6, 6.07) is 29.4. The van der Waals surface area contributed by atoms with Gasteiger partial charge in [0.25, 0.3) is 0 Å². The molecule has 29 heavy (non-hydrogen) atoms. The van der Waals surface area contributed by atoms with Crippen LogP contribution in [0.3, 0.4) is 0 Å². The zero-order valence-corrected chi connectivity index (χ0v) is 17.2. The van der Waals surface area contributed by atoms with Crippen LogP contribution in [0.15, 0.2) is 91.0 Å². The van der Waals surface area contributed by atoms with Gasteiger partial charge in [0.1, 0.15) is 5.82 Å². The molecule has 0 atom stereocenters. The highest BCUT2D eigenvalue weighted by Gasteiger charge is 2.04. The number of imidazole rings is 1. The molecule has 0 aliphatic carbocycles. The minimum atomic E-state index is 0. The fraction of sp³-hybridized carbons (Fsp3) is 0.160. The van der Waals surface area contributed by atoms with E-state index < -0.39 is 0 Å². The Labute approximate surface area is 178 Å². The van der Waals surface area contributed by atoms with E-state index >= 15 is 0 Å². The average Bonchev–Trinajstić information content (AvgIpc) is 3.17. The van der Waals surface area contributed by atoms with Crippen LogP contribution in [0.1, 0.15) is 29.8 Å². The number of hydrogen-bond donors (Lipinski definition) is 2. The second kappa shape index (κ2) is 10.6. The summed E-state index contributed by atoms with van der Waals surface area (Å²) in [6.45, 7) is 1.73. The van der Waals surface area contributed by atoms with E-state index in [4.69, 9.17) is 0 Å². The number of benzene rings is 3. The van der Waals surface area contributed by atoms with Crippen LogP contribution in [0.4, 0.5) is 0 Å². The van der Waals surface area contributed by atoms with Gasteiger partial charge in [-0.2, -0.15) is 0 Å². The first-order chi connectivity index (χ1) is 13.9. The molecule has 0 amide bonds. The minimum Gasteiger partial charge on any atom is -0.341 e. The molecule has 0 unspecified atom stereocenters. The number of allylic oxidation sites excluding steroid dienone is 1. The maximum Gasteiger partial charge on any atom is 0.121 e. The normalized spacial score (nSPS) is 10.5. The number of rotatable bonds is 8. The molecule has 4 heteroatoms. The van der Waals surface area contributed by atoms with Gasteiger partial charge in [-0.05, 0) is 48.2 Å². The lowest BCUT2D eigenvalue weighted by Crippen LogP contribution is -2.15. The molecule has 4 rings (SSSR count). The van der Waals surface area contributed by atoms with Crippen LogP contribution in [0.25, 0.3) is 16.6 Å². The Morgan fingerprint density at radius 1 is 0.828 bits per heavy atom. The molecule has 1 heterocycles. The van der Waals surface area contributed by atoms with Crippen LogP contribution in [-0.2, 0) is 6.54 Å². The maximum atomic E-state index is 4.61. The predicted octanol–water partition coefficient (Wildman–Crippen LogP) is 5.99. The highest BCUT2D eigenvalue weighted by Crippen LogP contribution is 2.23. The van der Waals surface area contributed by atoms with Crippen molar-refractivity contribution < 1.29 is 0 Å². The summed E-state index contributed by atoms with van der Waals surface area (Å²) in [5.41, 5.74) is 5.96. The lowest BCUT2D eigenvalue weighted by molar-refractivity contribution is 0.639. The Hall–Kier alpha value is -2.88. The smallest absolute Gasteiger partial charge is 0.121 e. The monoisotopic (exact) mass is 403 g/mol. The molecule has 0 fully saturated rings. The number of aromatic nitrogens is 2. The topological polar surface area (TPSA) is 40.7 Å². The SMILES string of the molecule is C(CCCNCc1nc2ccccc2[nH]1)=C(c1ccccc1)c1ccccc1.Cl. The zero-order chi connectivity index (χ0) is 19.0. The van der Waals surface area contributed by atoms with Crippen molar-refractivity contribution in [3.8, 4) is 0 Å². The molecule has 3 aromatic carbocycles. The van der Waals surface area contributed by atoms with Crippen molar-refractivity contribution in [3.05, 3.63) is 108 Å². The van der Waals surface area contributed by atoms with Gasteiger partial charge in [0.2, 0.25) is 0 Å². The first-order valence-corrected chi connectivity index (χ1v) is 9.85. The Balaban J connectivity index is 0.00000240. The fourth-order valence-corrected chi connectivity index (χ4v) is 3.41. The van der Waals surface area contributed by atoms with E-state index in [-0.39, 0.29) is 12.4 Å². The third-order valence-corrected chi connectivity index (χ3v) is 4.81. The highest BCUT2D eigenvalue weighted by molar-refractivity contribution is 5.85. The molecule has 0 spiro atoms. The number of aromatic amines is 1. The minimum absolute atomic E-state index is 0. The van der Waals surface area contributed by atoms with E-state index in [0.29, 0.717) is 0 Å². The van der Waals surface area contributed by atoms with Gasteiger partial charge in [-0.3, -0.25) is 0 Å². The number of unbranched alkanes of at least 4 members (excludes halogenated alkanes) is 1. The number of nitrogens with one attached hydrogen (secondary N) is 2. The van der Waals surface area contributed by atoms with Crippen molar-refractivity contribution in [2.24, 2.45) is 0 Å². The lowest BCUT2D eigenvalue weighted by Gasteiger charge is -2.09. The van der Waals surface area contributed by atoms with E-state index in [1.54, 1.807) is 0 Å². The molecular weight excluding hydrogens is 378 g/mol. The van der Waals surface area contributed by atoms with Crippen LogP contribution in [0.2, 0.25) is 0 Å².